The zero-order chi connectivity index (χ0) is 14.4. The quantitative estimate of drug-likeness (QED) is 0.845. The van der Waals surface area contributed by atoms with Gasteiger partial charge >= 0.3 is 5.97 Å². The molecule has 21 heavy (non-hydrogen) atoms. The number of nitrogens with zero attached hydrogens (tertiary/aromatic N) is 1. The van der Waals surface area contributed by atoms with Crippen LogP contribution in [-0.4, -0.2) is 34.3 Å². The lowest BCUT2D eigenvalue weighted by molar-refractivity contribution is -0.196. The van der Waals surface area contributed by atoms with E-state index in [9.17, 15) is 9.90 Å². The summed E-state index contributed by atoms with van der Waals surface area (Å²) in [6, 6.07) is 7.97. The molecule has 1 aromatic heterocycles. The third-order valence-electron chi connectivity index (χ3n) is 4.65. The Balaban J connectivity index is 1.88. The summed E-state index contributed by atoms with van der Waals surface area (Å²) in [4.78, 5) is 20.9. The number of rotatable bonds is 1. The molecule has 0 spiro atoms. The van der Waals surface area contributed by atoms with E-state index < -0.39 is 11.9 Å². The van der Waals surface area contributed by atoms with E-state index >= 15 is 0 Å². The van der Waals surface area contributed by atoms with Crippen molar-refractivity contribution >= 4 is 16.9 Å². The summed E-state index contributed by atoms with van der Waals surface area (Å²) in [6.45, 7) is 1.36. The molecule has 1 fully saturated rings. The van der Waals surface area contributed by atoms with Gasteiger partial charge in [0.25, 0.3) is 0 Å². The molecule has 0 radical (unpaired) electrons. The minimum Gasteiger partial charge on any atom is -0.481 e. The van der Waals surface area contributed by atoms with E-state index in [4.69, 9.17) is 4.84 Å². The third kappa shape index (κ3) is 1.96. The lowest BCUT2D eigenvalue weighted by Crippen LogP contribution is -2.40. The summed E-state index contributed by atoms with van der Waals surface area (Å²) in [7, 11) is 0. The lowest BCUT2D eigenvalue weighted by Gasteiger charge is -2.35. The van der Waals surface area contributed by atoms with Gasteiger partial charge < -0.3 is 10.1 Å². The molecule has 0 saturated carbocycles. The summed E-state index contributed by atoms with van der Waals surface area (Å²) in [5.41, 5.74) is 3.36. The molecule has 0 amide bonds. The second kappa shape index (κ2) is 4.86. The Morgan fingerprint density at radius 3 is 3.10 bits per heavy atom. The van der Waals surface area contributed by atoms with Gasteiger partial charge in [-0.1, -0.05) is 18.2 Å². The Bertz CT molecular complexity index is 694. The van der Waals surface area contributed by atoms with Crippen LogP contribution in [0.4, 0.5) is 0 Å². The molecule has 4 rings (SSSR count). The van der Waals surface area contributed by atoms with Crippen molar-refractivity contribution in [3.05, 3.63) is 35.5 Å². The molecule has 2 N–H and O–H groups in total. The number of aromatic nitrogens is 1. The molecule has 2 atom stereocenters. The first-order chi connectivity index (χ1) is 10.3. The maximum absolute atomic E-state index is 11.7. The molecule has 0 bridgehead atoms. The van der Waals surface area contributed by atoms with Crippen LogP contribution in [0.5, 0.6) is 0 Å². The van der Waals surface area contributed by atoms with E-state index in [-0.39, 0.29) is 6.04 Å². The molecule has 2 aliphatic heterocycles. The predicted molar refractivity (Wildman–Crippen MR) is 77.8 cm³/mol. The number of hydrogen-bond acceptors (Lipinski definition) is 3. The smallest absolute Gasteiger partial charge is 0.308 e. The largest absolute Gasteiger partial charge is 0.481 e. The summed E-state index contributed by atoms with van der Waals surface area (Å²) < 4.78 is 0. The van der Waals surface area contributed by atoms with Crippen LogP contribution in [0.2, 0.25) is 0 Å². The molecule has 1 aromatic carbocycles. The number of carbonyl (C=O) groups is 1. The topological polar surface area (TPSA) is 65.6 Å². The molecular formula is C16H18N2O3. The molecule has 5 heteroatoms. The van der Waals surface area contributed by atoms with Crippen LogP contribution in [-0.2, 0) is 16.1 Å². The fraction of sp³-hybridized carbons (Fsp3) is 0.438. The van der Waals surface area contributed by atoms with Crippen molar-refractivity contribution in [2.75, 3.05) is 13.2 Å². The minimum absolute atomic E-state index is 0.207. The highest BCUT2D eigenvalue weighted by atomic mass is 16.7. The fourth-order valence-electron chi connectivity index (χ4n) is 3.70. The highest BCUT2D eigenvalue weighted by Gasteiger charge is 2.41. The van der Waals surface area contributed by atoms with E-state index in [1.807, 2.05) is 23.3 Å². The zero-order valence-corrected chi connectivity index (χ0v) is 11.7. The molecule has 2 aliphatic rings. The number of aliphatic carboxylic acids is 1. The maximum atomic E-state index is 11.7. The van der Waals surface area contributed by atoms with Gasteiger partial charge in [0.2, 0.25) is 0 Å². The molecule has 3 heterocycles. The normalized spacial score (nSPS) is 26.1. The first-order valence-electron chi connectivity index (χ1n) is 7.47. The van der Waals surface area contributed by atoms with Gasteiger partial charge in [-0.05, 0) is 30.9 Å². The van der Waals surface area contributed by atoms with Gasteiger partial charge in [-0.25, -0.2) is 0 Å². The molecule has 2 aromatic rings. The Morgan fingerprint density at radius 1 is 1.38 bits per heavy atom. The van der Waals surface area contributed by atoms with E-state index in [1.54, 1.807) is 0 Å². The van der Waals surface area contributed by atoms with Crippen molar-refractivity contribution in [3.8, 4) is 0 Å². The van der Waals surface area contributed by atoms with Gasteiger partial charge in [-0.2, -0.15) is 5.06 Å². The van der Waals surface area contributed by atoms with Crippen LogP contribution in [0, 0.1) is 5.92 Å². The maximum Gasteiger partial charge on any atom is 0.308 e. The third-order valence-corrected chi connectivity index (χ3v) is 4.65. The molecular weight excluding hydrogens is 268 g/mol. The van der Waals surface area contributed by atoms with E-state index in [2.05, 4.69) is 11.1 Å². The van der Waals surface area contributed by atoms with E-state index in [1.165, 1.54) is 10.9 Å². The van der Waals surface area contributed by atoms with Crippen molar-refractivity contribution in [3.63, 3.8) is 0 Å². The lowest BCUT2D eigenvalue weighted by atomic mass is 9.87. The minimum atomic E-state index is -0.734. The Labute approximate surface area is 122 Å². The van der Waals surface area contributed by atoms with Crippen LogP contribution in [0.25, 0.3) is 10.9 Å². The van der Waals surface area contributed by atoms with Gasteiger partial charge in [0, 0.05) is 23.1 Å². The standard InChI is InChI=1S/C16H18N2O3/c19-16(20)12-5-3-9-21-18-8-7-11-10-4-1-2-6-13(10)17-14(11)15(12)18/h1-2,4,6,12,15,17H,3,5,7-9H2,(H,19,20)/t12-,15+/m1/s1. The molecule has 1 saturated heterocycles. The van der Waals surface area contributed by atoms with Gasteiger partial charge in [-0.3, -0.25) is 9.63 Å². The SMILES string of the molecule is O=C(O)[C@@H]1CCCON2CCc3c([nH]c4ccccc34)[C@H]12. The first-order valence-corrected chi connectivity index (χ1v) is 7.47. The van der Waals surface area contributed by atoms with Crippen molar-refractivity contribution in [1.82, 2.24) is 10.0 Å². The van der Waals surface area contributed by atoms with E-state index in [0.29, 0.717) is 13.0 Å². The summed E-state index contributed by atoms with van der Waals surface area (Å²) in [6.07, 6.45) is 2.34. The number of fused-ring (bicyclic) bond motifs is 5. The number of H-pyrrole nitrogens is 1. The van der Waals surface area contributed by atoms with Crippen LogP contribution in [0.1, 0.15) is 30.1 Å². The number of aromatic amines is 1. The van der Waals surface area contributed by atoms with Gasteiger partial charge in [-0.15, -0.1) is 0 Å². The summed E-state index contributed by atoms with van der Waals surface area (Å²) in [5.74, 6) is -1.15. The molecule has 110 valence electrons. The average molecular weight is 286 g/mol. The van der Waals surface area contributed by atoms with Crippen LogP contribution in [0.3, 0.4) is 0 Å². The second-order valence-electron chi connectivity index (χ2n) is 5.82. The Kier molecular flexibility index (Phi) is 2.97. The highest BCUT2D eigenvalue weighted by Crippen LogP contribution is 2.41. The Morgan fingerprint density at radius 2 is 2.24 bits per heavy atom. The number of benzene rings is 1. The van der Waals surface area contributed by atoms with E-state index in [0.717, 1.165) is 30.6 Å². The Hall–Kier alpha value is -1.85. The number of carboxylic acid groups (broad SMARTS) is 1. The number of nitrogens with one attached hydrogen (secondary N) is 1. The number of para-hydroxylation sites is 1. The second-order valence-corrected chi connectivity index (χ2v) is 5.82. The number of hydroxylamine groups is 2. The predicted octanol–water partition coefficient (Wildman–Crippen LogP) is 2.49. The van der Waals surface area contributed by atoms with Crippen LogP contribution < -0.4 is 0 Å². The monoisotopic (exact) mass is 286 g/mol. The van der Waals surface area contributed by atoms with Gasteiger partial charge in [0.05, 0.1) is 18.6 Å². The fourth-order valence-corrected chi connectivity index (χ4v) is 3.70. The van der Waals surface area contributed by atoms with Crippen molar-refractivity contribution in [1.29, 1.82) is 0 Å². The van der Waals surface area contributed by atoms with Gasteiger partial charge in [0.15, 0.2) is 0 Å². The summed E-state index contributed by atoms with van der Waals surface area (Å²) in [5, 5.41) is 12.7. The molecule has 5 nitrogen and oxygen atoms in total. The number of carboxylic acids is 1. The van der Waals surface area contributed by atoms with Crippen LogP contribution in [0.15, 0.2) is 24.3 Å². The van der Waals surface area contributed by atoms with Crippen LogP contribution >= 0.6 is 0 Å². The molecule has 0 unspecified atom stereocenters. The summed E-state index contributed by atoms with van der Waals surface area (Å²) >= 11 is 0. The zero-order valence-electron chi connectivity index (χ0n) is 11.7. The molecule has 0 aliphatic carbocycles. The van der Waals surface area contributed by atoms with Gasteiger partial charge in [0.1, 0.15) is 0 Å². The highest BCUT2D eigenvalue weighted by molar-refractivity contribution is 5.85. The first kappa shape index (κ1) is 12.9. The van der Waals surface area contributed by atoms with Crippen molar-refractivity contribution < 1.29 is 14.7 Å². The number of hydrogen-bond donors (Lipinski definition) is 2. The van der Waals surface area contributed by atoms with Crippen molar-refractivity contribution in [2.24, 2.45) is 5.92 Å². The average Bonchev–Trinajstić information content (AvgIpc) is 2.71. The van der Waals surface area contributed by atoms with Crippen molar-refractivity contribution in [2.45, 2.75) is 25.3 Å².